The summed E-state index contributed by atoms with van der Waals surface area (Å²) in [6, 6.07) is 18.5. The van der Waals surface area contributed by atoms with Gasteiger partial charge in [0.25, 0.3) is 11.8 Å². The van der Waals surface area contributed by atoms with Crippen molar-refractivity contribution in [2.24, 2.45) is 0 Å². The highest BCUT2D eigenvalue weighted by atomic mass is 19.1. The number of hydrogen-bond acceptors (Lipinski definition) is 6. The van der Waals surface area contributed by atoms with Crippen LogP contribution in [0.4, 0.5) is 10.1 Å². The van der Waals surface area contributed by atoms with Crippen LogP contribution in [0.25, 0.3) is 11.5 Å². The van der Waals surface area contributed by atoms with E-state index in [1.165, 1.54) is 30.3 Å². The van der Waals surface area contributed by atoms with Crippen molar-refractivity contribution in [1.82, 2.24) is 4.98 Å². The molecule has 0 fully saturated rings. The van der Waals surface area contributed by atoms with Crippen molar-refractivity contribution in [1.29, 1.82) is 0 Å². The lowest BCUT2D eigenvalue weighted by atomic mass is 10.1. The number of aryl methyl sites for hydroxylation is 1. The molecular formula is C26H17FN2O5. The molecule has 7 nitrogen and oxygen atoms in total. The van der Waals surface area contributed by atoms with Gasteiger partial charge in [0, 0.05) is 5.56 Å². The van der Waals surface area contributed by atoms with E-state index in [2.05, 4.69) is 4.98 Å². The number of nitrogens with zero attached hydrogens (tertiary/aromatic N) is 2. The highest BCUT2D eigenvalue weighted by Gasteiger charge is 2.37. The van der Waals surface area contributed by atoms with Gasteiger partial charge in [0.2, 0.25) is 5.89 Å². The zero-order valence-corrected chi connectivity index (χ0v) is 17.9. The van der Waals surface area contributed by atoms with Crippen molar-refractivity contribution < 1.29 is 27.9 Å². The first-order chi connectivity index (χ1) is 16.4. The topological polar surface area (TPSA) is 89.7 Å². The third kappa shape index (κ3) is 3.75. The zero-order valence-electron chi connectivity index (χ0n) is 17.9. The molecule has 0 unspecified atom stereocenters. The Morgan fingerprint density at radius 3 is 2.41 bits per heavy atom. The molecule has 1 aromatic heterocycles. The number of amides is 2. The highest BCUT2D eigenvalue weighted by Crippen LogP contribution is 2.29. The molecule has 3 aromatic carbocycles. The zero-order chi connectivity index (χ0) is 23.8. The fraction of sp³-hybridized carbons (Fsp3) is 0.0769. The van der Waals surface area contributed by atoms with Crippen LogP contribution in [0.5, 0.6) is 0 Å². The van der Waals surface area contributed by atoms with Crippen LogP contribution >= 0.6 is 0 Å². The largest absolute Gasteiger partial charge is 0.455 e. The number of carbonyl (C=O) groups excluding carboxylic acids is 3. The maximum atomic E-state index is 13.2. The smallest absolute Gasteiger partial charge is 0.338 e. The number of aromatic nitrogens is 1. The average Bonchev–Trinajstić information content (AvgIpc) is 3.35. The van der Waals surface area contributed by atoms with Crippen LogP contribution in [0.2, 0.25) is 0 Å². The monoisotopic (exact) mass is 456 g/mol. The first kappa shape index (κ1) is 21.3. The van der Waals surface area contributed by atoms with Gasteiger partial charge in [0.1, 0.15) is 23.9 Å². The third-order valence-corrected chi connectivity index (χ3v) is 5.46. The summed E-state index contributed by atoms with van der Waals surface area (Å²) in [5.74, 6) is -1.35. The van der Waals surface area contributed by atoms with Gasteiger partial charge in [-0.1, -0.05) is 18.2 Å². The van der Waals surface area contributed by atoms with Crippen LogP contribution < -0.4 is 4.90 Å². The van der Waals surface area contributed by atoms with Crippen molar-refractivity contribution in [2.45, 2.75) is 13.5 Å². The van der Waals surface area contributed by atoms with E-state index in [-0.39, 0.29) is 29.0 Å². The molecule has 0 aliphatic carbocycles. The van der Waals surface area contributed by atoms with E-state index >= 15 is 0 Å². The lowest BCUT2D eigenvalue weighted by molar-refractivity contribution is 0.0466. The number of ether oxygens (including phenoxy) is 1. The Kier molecular flexibility index (Phi) is 5.25. The van der Waals surface area contributed by atoms with Crippen molar-refractivity contribution in [3.63, 3.8) is 0 Å². The number of fused-ring (bicyclic) bond motifs is 1. The number of hydrogen-bond donors (Lipinski definition) is 0. The van der Waals surface area contributed by atoms with Gasteiger partial charge in [-0.25, -0.2) is 19.1 Å². The van der Waals surface area contributed by atoms with E-state index in [1.54, 1.807) is 6.92 Å². The van der Waals surface area contributed by atoms with Gasteiger partial charge in [0.15, 0.2) is 0 Å². The van der Waals surface area contributed by atoms with Gasteiger partial charge in [0.05, 0.1) is 22.4 Å². The van der Waals surface area contributed by atoms with Gasteiger partial charge in [-0.15, -0.1) is 0 Å². The number of rotatable bonds is 5. The van der Waals surface area contributed by atoms with Gasteiger partial charge < -0.3 is 9.15 Å². The minimum Gasteiger partial charge on any atom is -0.455 e. The predicted octanol–water partition coefficient (Wildman–Crippen LogP) is 4.95. The summed E-state index contributed by atoms with van der Waals surface area (Å²) in [6.45, 7) is 1.61. The molecule has 2 amide bonds. The molecule has 168 valence electrons. The molecule has 1 aliphatic rings. The number of oxazole rings is 1. The summed E-state index contributed by atoms with van der Waals surface area (Å²) in [6.07, 6.45) is 0. The predicted molar refractivity (Wildman–Crippen MR) is 120 cm³/mol. The second-order valence-electron chi connectivity index (χ2n) is 7.65. The quantitative estimate of drug-likeness (QED) is 0.312. The van der Waals surface area contributed by atoms with Crippen LogP contribution in [-0.4, -0.2) is 22.8 Å². The molecular weight excluding hydrogens is 439 g/mol. The summed E-state index contributed by atoms with van der Waals surface area (Å²) in [7, 11) is 0. The summed E-state index contributed by atoms with van der Waals surface area (Å²) in [5.41, 5.74) is 1.87. The number of esters is 1. The van der Waals surface area contributed by atoms with E-state index in [1.807, 2.05) is 30.3 Å². The normalized spacial score (nSPS) is 12.7. The van der Waals surface area contributed by atoms with Gasteiger partial charge >= 0.3 is 5.97 Å². The van der Waals surface area contributed by atoms with E-state index in [0.717, 1.165) is 22.6 Å². The maximum absolute atomic E-state index is 13.2. The van der Waals surface area contributed by atoms with Crippen LogP contribution in [0.15, 0.2) is 77.2 Å². The SMILES string of the molecule is Cc1oc(-c2ccccc2)nc1COC(=O)c1ccc2c(c1)C(=O)N(c1ccc(F)cc1)C2=O. The summed E-state index contributed by atoms with van der Waals surface area (Å²) >= 11 is 0. The first-order valence-corrected chi connectivity index (χ1v) is 10.4. The van der Waals surface area contributed by atoms with Crippen LogP contribution in [0, 0.1) is 12.7 Å². The van der Waals surface area contributed by atoms with Gasteiger partial charge in [-0.05, 0) is 61.5 Å². The number of halogens is 1. The van der Waals surface area contributed by atoms with Crippen LogP contribution in [-0.2, 0) is 11.3 Å². The van der Waals surface area contributed by atoms with Crippen molar-refractivity contribution >= 4 is 23.5 Å². The average molecular weight is 456 g/mol. The Labute approximate surface area is 193 Å². The number of anilines is 1. The second kappa shape index (κ2) is 8.40. The summed E-state index contributed by atoms with van der Waals surface area (Å²) in [5, 5.41) is 0. The Morgan fingerprint density at radius 1 is 0.971 bits per heavy atom. The molecule has 8 heteroatoms. The Balaban J connectivity index is 1.33. The van der Waals surface area contributed by atoms with Crippen LogP contribution in [0.3, 0.4) is 0 Å². The molecule has 0 N–H and O–H groups in total. The molecule has 0 radical (unpaired) electrons. The van der Waals surface area contributed by atoms with E-state index in [9.17, 15) is 18.8 Å². The second-order valence-corrected chi connectivity index (χ2v) is 7.65. The molecule has 0 atom stereocenters. The van der Waals surface area contributed by atoms with Crippen molar-refractivity contribution in [3.05, 3.63) is 107 Å². The molecule has 4 aromatic rings. The van der Waals surface area contributed by atoms with E-state index < -0.39 is 23.6 Å². The molecule has 5 rings (SSSR count). The number of imide groups is 1. The van der Waals surface area contributed by atoms with Crippen molar-refractivity contribution in [2.75, 3.05) is 4.90 Å². The molecule has 2 heterocycles. The Morgan fingerprint density at radius 2 is 1.68 bits per heavy atom. The minimum absolute atomic E-state index is 0.0766. The molecule has 0 saturated carbocycles. The van der Waals surface area contributed by atoms with Gasteiger partial charge in [-0.3, -0.25) is 9.59 Å². The first-order valence-electron chi connectivity index (χ1n) is 10.4. The molecule has 0 spiro atoms. The Bertz CT molecular complexity index is 1430. The van der Waals surface area contributed by atoms with Crippen molar-refractivity contribution in [3.8, 4) is 11.5 Å². The molecule has 0 saturated heterocycles. The summed E-state index contributed by atoms with van der Waals surface area (Å²) in [4.78, 5) is 43.6. The molecule has 34 heavy (non-hydrogen) atoms. The standard InChI is InChI=1S/C26H17FN2O5/c1-15-22(28-23(34-15)16-5-3-2-4-6-16)14-33-26(32)17-7-12-20-21(13-17)25(31)29(24(20)30)19-10-8-18(27)9-11-19/h2-13H,14H2,1H3. The lowest BCUT2D eigenvalue weighted by Crippen LogP contribution is -2.29. The third-order valence-electron chi connectivity index (χ3n) is 5.46. The van der Waals surface area contributed by atoms with Crippen LogP contribution in [0.1, 0.15) is 42.5 Å². The molecule has 0 bridgehead atoms. The fourth-order valence-corrected chi connectivity index (χ4v) is 3.68. The molecule has 1 aliphatic heterocycles. The van der Waals surface area contributed by atoms with E-state index in [4.69, 9.17) is 9.15 Å². The van der Waals surface area contributed by atoms with Gasteiger partial charge in [-0.2, -0.15) is 0 Å². The number of carbonyl (C=O) groups is 3. The fourth-order valence-electron chi connectivity index (χ4n) is 3.68. The van der Waals surface area contributed by atoms with E-state index in [0.29, 0.717) is 17.3 Å². The lowest BCUT2D eigenvalue weighted by Gasteiger charge is -2.13. The minimum atomic E-state index is -0.674. The summed E-state index contributed by atoms with van der Waals surface area (Å²) < 4.78 is 24.3. The maximum Gasteiger partial charge on any atom is 0.338 e. The highest BCUT2D eigenvalue weighted by molar-refractivity contribution is 6.34. The number of benzene rings is 3. The Hall–Kier alpha value is -4.59.